The molecule has 1 saturated carbocycles. The van der Waals surface area contributed by atoms with Crippen LogP contribution in [0.1, 0.15) is 29.6 Å². The first kappa shape index (κ1) is 12.7. The highest BCUT2D eigenvalue weighted by molar-refractivity contribution is 5.94. The molecule has 0 saturated heterocycles. The Morgan fingerprint density at radius 1 is 1.50 bits per heavy atom. The molecular formula is C13H18N2O3. The number of carbonyl (C=O) groups is 1. The van der Waals surface area contributed by atoms with Crippen molar-refractivity contribution in [2.45, 2.75) is 31.4 Å². The second-order valence-corrected chi connectivity index (χ2v) is 4.56. The van der Waals surface area contributed by atoms with Gasteiger partial charge in [-0.1, -0.05) is 0 Å². The molecule has 1 aliphatic rings. The molecule has 0 aromatic heterocycles. The van der Waals surface area contributed by atoms with Gasteiger partial charge in [0.05, 0.1) is 17.7 Å². The lowest BCUT2D eigenvalue weighted by molar-refractivity contribution is 0.0698. The Bertz CT molecular complexity index is 448. The molecule has 0 heterocycles. The lowest BCUT2D eigenvalue weighted by atomic mass is 10.1. The maximum absolute atomic E-state index is 10.9. The van der Waals surface area contributed by atoms with Crippen molar-refractivity contribution in [1.29, 1.82) is 0 Å². The molecule has 0 radical (unpaired) electrons. The third-order valence-corrected chi connectivity index (χ3v) is 3.39. The van der Waals surface area contributed by atoms with Gasteiger partial charge in [-0.2, -0.15) is 0 Å². The van der Waals surface area contributed by atoms with E-state index in [1.54, 1.807) is 19.2 Å². The number of nitrogen functional groups attached to an aromatic ring is 1. The number of hydrogen-bond acceptors (Lipinski definition) is 4. The Balaban J connectivity index is 2.10. The largest absolute Gasteiger partial charge is 0.478 e. The van der Waals surface area contributed by atoms with Crippen molar-refractivity contribution in [2.24, 2.45) is 0 Å². The second-order valence-electron chi connectivity index (χ2n) is 4.56. The predicted molar refractivity (Wildman–Crippen MR) is 69.9 cm³/mol. The molecule has 2 rings (SSSR count). The summed E-state index contributed by atoms with van der Waals surface area (Å²) in [6, 6.07) is 5.20. The third-order valence-electron chi connectivity index (χ3n) is 3.39. The van der Waals surface area contributed by atoms with Crippen LogP contribution in [-0.4, -0.2) is 30.3 Å². The number of hydrogen-bond donors (Lipinski definition) is 3. The minimum absolute atomic E-state index is 0.135. The number of ether oxygens (including phenoxy) is 1. The summed E-state index contributed by atoms with van der Waals surface area (Å²) in [5.74, 6) is -1.00. The molecule has 4 N–H and O–H groups in total. The van der Waals surface area contributed by atoms with E-state index in [2.05, 4.69) is 5.32 Å². The summed E-state index contributed by atoms with van der Waals surface area (Å²) in [5.41, 5.74) is 6.96. The van der Waals surface area contributed by atoms with Crippen molar-refractivity contribution in [3.05, 3.63) is 23.8 Å². The molecule has 0 spiro atoms. The predicted octanol–water partition coefficient (Wildman–Crippen LogP) is 1.95. The van der Waals surface area contributed by atoms with E-state index in [1.165, 1.54) is 6.07 Å². The van der Waals surface area contributed by atoms with Crippen LogP contribution in [0.15, 0.2) is 18.2 Å². The first-order chi connectivity index (χ1) is 8.61. The van der Waals surface area contributed by atoms with Crippen LogP contribution in [0.4, 0.5) is 11.4 Å². The van der Waals surface area contributed by atoms with Gasteiger partial charge in [0.15, 0.2) is 0 Å². The van der Waals surface area contributed by atoms with E-state index in [1.807, 2.05) is 0 Å². The van der Waals surface area contributed by atoms with E-state index in [-0.39, 0.29) is 23.4 Å². The van der Waals surface area contributed by atoms with Gasteiger partial charge >= 0.3 is 5.97 Å². The summed E-state index contributed by atoms with van der Waals surface area (Å²) >= 11 is 0. The van der Waals surface area contributed by atoms with Gasteiger partial charge in [-0.15, -0.1) is 0 Å². The van der Waals surface area contributed by atoms with Gasteiger partial charge in [0, 0.05) is 18.5 Å². The summed E-state index contributed by atoms with van der Waals surface area (Å²) < 4.78 is 5.40. The van der Waals surface area contributed by atoms with Gasteiger partial charge in [0.25, 0.3) is 0 Å². The fourth-order valence-corrected chi connectivity index (χ4v) is 2.43. The van der Waals surface area contributed by atoms with E-state index in [0.717, 1.165) is 24.9 Å². The van der Waals surface area contributed by atoms with Crippen molar-refractivity contribution >= 4 is 17.3 Å². The first-order valence-corrected chi connectivity index (χ1v) is 6.04. The van der Waals surface area contributed by atoms with Crippen LogP contribution in [0.25, 0.3) is 0 Å². The van der Waals surface area contributed by atoms with Crippen LogP contribution >= 0.6 is 0 Å². The summed E-state index contributed by atoms with van der Waals surface area (Å²) in [7, 11) is 1.71. The number of carboxylic acids is 1. The zero-order chi connectivity index (χ0) is 13.1. The van der Waals surface area contributed by atoms with Crippen LogP contribution in [0.2, 0.25) is 0 Å². The molecule has 1 aromatic rings. The van der Waals surface area contributed by atoms with Crippen LogP contribution in [0.3, 0.4) is 0 Å². The zero-order valence-electron chi connectivity index (χ0n) is 10.3. The maximum atomic E-state index is 10.9. The Labute approximate surface area is 106 Å². The van der Waals surface area contributed by atoms with Crippen molar-refractivity contribution < 1.29 is 14.6 Å². The number of methoxy groups -OCH3 is 1. The van der Waals surface area contributed by atoms with Crippen LogP contribution in [-0.2, 0) is 4.74 Å². The molecule has 98 valence electrons. The topological polar surface area (TPSA) is 84.6 Å². The average molecular weight is 250 g/mol. The lowest BCUT2D eigenvalue weighted by Gasteiger charge is -2.21. The molecular weight excluding hydrogens is 232 g/mol. The van der Waals surface area contributed by atoms with E-state index in [9.17, 15) is 4.79 Å². The van der Waals surface area contributed by atoms with Crippen molar-refractivity contribution in [1.82, 2.24) is 0 Å². The quantitative estimate of drug-likeness (QED) is 0.711. The molecule has 0 amide bonds. The normalized spacial score (nSPS) is 22.9. The number of nitrogens with two attached hydrogens (primary N) is 1. The molecule has 0 aliphatic heterocycles. The fourth-order valence-electron chi connectivity index (χ4n) is 2.43. The number of aromatic carboxylic acids is 1. The first-order valence-electron chi connectivity index (χ1n) is 6.04. The third kappa shape index (κ3) is 2.56. The van der Waals surface area contributed by atoms with E-state index < -0.39 is 5.97 Å². The maximum Gasteiger partial charge on any atom is 0.337 e. The summed E-state index contributed by atoms with van der Waals surface area (Å²) in [6.45, 7) is 0. The second kappa shape index (κ2) is 5.27. The van der Waals surface area contributed by atoms with Crippen molar-refractivity contribution in [3.63, 3.8) is 0 Å². The van der Waals surface area contributed by atoms with Crippen LogP contribution in [0, 0.1) is 0 Å². The highest BCUT2D eigenvalue weighted by Gasteiger charge is 2.26. The average Bonchev–Trinajstić information content (AvgIpc) is 2.76. The van der Waals surface area contributed by atoms with E-state index in [4.69, 9.17) is 15.6 Å². The standard InChI is InChI=1S/C13H18N2O3/c1-18-12-4-2-3-11(12)15-8-5-6-9(13(16)17)10(14)7-8/h5-7,11-12,15H,2-4,14H2,1H3,(H,16,17). The Hall–Kier alpha value is -1.75. The lowest BCUT2D eigenvalue weighted by Crippen LogP contribution is -2.29. The van der Waals surface area contributed by atoms with Gasteiger partial charge in [-0.3, -0.25) is 0 Å². The Kier molecular flexibility index (Phi) is 3.72. The van der Waals surface area contributed by atoms with E-state index in [0.29, 0.717) is 0 Å². The number of anilines is 2. The van der Waals surface area contributed by atoms with Gasteiger partial charge in [-0.25, -0.2) is 4.79 Å². The number of benzene rings is 1. The SMILES string of the molecule is COC1CCCC1Nc1ccc(C(=O)O)c(N)c1. The van der Waals surface area contributed by atoms with E-state index >= 15 is 0 Å². The monoisotopic (exact) mass is 250 g/mol. The summed E-state index contributed by atoms with van der Waals surface area (Å²) in [4.78, 5) is 10.9. The van der Waals surface area contributed by atoms with Crippen LogP contribution in [0.5, 0.6) is 0 Å². The van der Waals surface area contributed by atoms with Crippen LogP contribution < -0.4 is 11.1 Å². The van der Waals surface area contributed by atoms with Gasteiger partial charge in [0.1, 0.15) is 0 Å². The minimum Gasteiger partial charge on any atom is -0.478 e. The molecule has 1 fully saturated rings. The molecule has 2 unspecified atom stereocenters. The molecule has 5 heteroatoms. The number of carboxylic acid groups (broad SMARTS) is 1. The summed E-state index contributed by atoms with van der Waals surface area (Å²) in [5, 5.41) is 12.3. The molecule has 0 bridgehead atoms. The smallest absolute Gasteiger partial charge is 0.337 e. The van der Waals surface area contributed by atoms with Gasteiger partial charge in [-0.05, 0) is 37.5 Å². The number of nitrogens with one attached hydrogen (secondary N) is 1. The molecule has 1 aromatic carbocycles. The number of rotatable bonds is 4. The molecule has 18 heavy (non-hydrogen) atoms. The Morgan fingerprint density at radius 3 is 2.89 bits per heavy atom. The fraction of sp³-hybridized carbons (Fsp3) is 0.462. The highest BCUT2D eigenvalue weighted by Crippen LogP contribution is 2.26. The molecule has 2 atom stereocenters. The minimum atomic E-state index is -1.00. The van der Waals surface area contributed by atoms with Gasteiger partial charge < -0.3 is 20.9 Å². The highest BCUT2D eigenvalue weighted by atomic mass is 16.5. The Morgan fingerprint density at radius 2 is 2.28 bits per heavy atom. The van der Waals surface area contributed by atoms with Crippen molar-refractivity contribution in [3.8, 4) is 0 Å². The molecule has 5 nitrogen and oxygen atoms in total. The van der Waals surface area contributed by atoms with Crippen molar-refractivity contribution in [2.75, 3.05) is 18.2 Å². The molecule has 1 aliphatic carbocycles. The summed E-state index contributed by atoms with van der Waals surface area (Å²) in [6.07, 6.45) is 3.46. The zero-order valence-corrected chi connectivity index (χ0v) is 10.3. The van der Waals surface area contributed by atoms with Gasteiger partial charge in [0.2, 0.25) is 0 Å².